The second-order valence-corrected chi connectivity index (χ2v) is 4.19. The minimum atomic E-state index is -0.425. The summed E-state index contributed by atoms with van der Waals surface area (Å²) in [6, 6.07) is 0. The van der Waals surface area contributed by atoms with Gasteiger partial charge in [0.25, 0.3) is 0 Å². The van der Waals surface area contributed by atoms with Crippen molar-refractivity contribution in [2.45, 2.75) is 33.6 Å². The molecule has 0 amide bonds. The van der Waals surface area contributed by atoms with Gasteiger partial charge < -0.3 is 5.11 Å². The smallest absolute Gasteiger partial charge is 0.203 e. The van der Waals surface area contributed by atoms with E-state index in [1.54, 1.807) is 6.08 Å². The van der Waals surface area contributed by atoms with Crippen molar-refractivity contribution in [3.8, 4) is 0 Å². The largest absolute Gasteiger partial charge is 0.505 e. The van der Waals surface area contributed by atoms with E-state index in [0.29, 0.717) is 0 Å². The van der Waals surface area contributed by atoms with Crippen molar-refractivity contribution < 1.29 is 9.90 Å². The van der Waals surface area contributed by atoms with Crippen molar-refractivity contribution in [3.05, 3.63) is 24.0 Å². The van der Waals surface area contributed by atoms with Crippen LogP contribution < -0.4 is 0 Å². The van der Waals surface area contributed by atoms with E-state index in [-0.39, 0.29) is 17.5 Å². The Labute approximate surface area is 85.3 Å². The zero-order chi connectivity index (χ0) is 10.8. The van der Waals surface area contributed by atoms with Crippen LogP contribution in [0.4, 0.5) is 0 Å². The molecule has 78 valence electrons. The first-order valence-corrected chi connectivity index (χ1v) is 5.09. The lowest BCUT2D eigenvalue weighted by Crippen LogP contribution is -2.37. The lowest BCUT2D eigenvalue weighted by molar-refractivity contribution is -0.129. The number of aliphatic hydroxyl groups excluding tert-OH is 1. The Hall–Kier alpha value is -1.05. The SMILES string of the molecule is C/C=C/[C@H](C)[C@@]1(C)CCC=C(O)C1=O. The molecule has 0 heterocycles. The fourth-order valence-corrected chi connectivity index (χ4v) is 1.94. The number of carbonyl (C=O) groups is 1. The molecule has 0 aromatic rings. The van der Waals surface area contributed by atoms with Crippen LogP contribution in [0, 0.1) is 11.3 Å². The first-order valence-electron chi connectivity index (χ1n) is 5.09. The topological polar surface area (TPSA) is 37.3 Å². The predicted octanol–water partition coefficient (Wildman–Crippen LogP) is 3.01. The predicted molar refractivity (Wildman–Crippen MR) is 57.0 cm³/mol. The summed E-state index contributed by atoms with van der Waals surface area (Å²) in [4.78, 5) is 11.8. The van der Waals surface area contributed by atoms with E-state index in [0.717, 1.165) is 12.8 Å². The summed E-state index contributed by atoms with van der Waals surface area (Å²) in [7, 11) is 0. The van der Waals surface area contributed by atoms with Gasteiger partial charge in [0.15, 0.2) is 5.76 Å². The Kier molecular flexibility index (Phi) is 3.14. The van der Waals surface area contributed by atoms with Crippen LogP contribution >= 0.6 is 0 Å². The molecule has 0 saturated heterocycles. The Morgan fingerprint density at radius 3 is 2.86 bits per heavy atom. The van der Waals surface area contributed by atoms with Gasteiger partial charge in [-0.1, -0.05) is 26.0 Å². The molecular weight excluding hydrogens is 176 g/mol. The summed E-state index contributed by atoms with van der Waals surface area (Å²) in [5.41, 5.74) is -0.425. The minimum Gasteiger partial charge on any atom is -0.505 e. The molecule has 0 aromatic carbocycles. The van der Waals surface area contributed by atoms with Crippen molar-refractivity contribution in [1.29, 1.82) is 0 Å². The van der Waals surface area contributed by atoms with Crippen LogP contribution in [0.15, 0.2) is 24.0 Å². The summed E-state index contributed by atoms with van der Waals surface area (Å²) >= 11 is 0. The Morgan fingerprint density at radius 2 is 2.29 bits per heavy atom. The van der Waals surface area contributed by atoms with Crippen LogP contribution in [0.5, 0.6) is 0 Å². The number of carbonyl (C=O) groups excluding carboxylic acids is 1. The number of Topliss-reactive ketones (excluding diaryl/α,β-unsaturated/α-hetero) is 1. The molecule has 2 atom stereocenters. The van der Waals surface area contributed by atoms with Crippen LogP contribution in [0.25, 0.3) is 0 Å². The zero-order valence-corrected chi connectivity index (χ0v) is 9.08. The highest BCUT2D eigenvalue weighted by Gasteiger charge is 2.40. The third kappa shape index (κ3) is 1.74. The molecule has 1 rings (SSSR count). The molecule has 0 bridgehead atoms. The molecule has 1 aliphatic rings. The van der Waals surface area contributed by atoms with Gasteiger partial charge in [-0.3, -0.25) is 4.79 Å². The third-order valence-electron chi connectivity index (χ3n) is 3.24. The molecule has 0 spiro atoms. The van der Waals surface area contributed by atoms with Gasteiger partial charge in [-0.15, -0.1) is 0 Å². The Balaban J connectivity index is 2.95. The first kappa shape index (κ1) is 11.0. The maximum Gasteiger partial charge on any atom is 0.203 e. The summed E-state index contributed by atoms with van der Waals surface area (Å²) in [6.07, 6.45) is 7.21. The van der Waals surface area contributed by atoms with E-state index in [1.165, 1.54) is 0 Å². The number of rotatable bonds is 2. The fraction of sp³-hybridized carbons (Fsp3) is 0.583. The van der Waals surface area contributed by atoms with Crippen LogP contribution in [-0.2, 0) is 4.79 Å². The second-order valence-electron chi connectivity index (χ2n) is 4.19. The van der Waals surface area contributed by atoms with Gasteiger partial charge in [-0.25, -0.2) is 0 Å². The Bertz CT molecular complexity index is 289. The van der Waals surface area contributed by atoms with E-state index in [9.17, 15) is 9.90 Å². The summed E-state index contributed by atoms with van der Waals surface area (Å²) in [5, 5.41) is 9.42. The van der Waals surface area contributed by atoms with E-state index >= 15 is 0 Å². The molecule has 1 aliphatic carbocycles. The second kappa shape index (κ2) is 3.99. The fourth-order valence-electron chi connectivity index (χ4n) is 1.94. The van der Waals surface area contributed by atoms with Crippen LogP contribution in [0.3, 0.4) is 0 Å². The Morgan fingerprint density at radius 1 is 1.64 bits per heavy atom. The monoisotopic (exact) mass is 194 g/mol. The molecule has 14 heavy (non-hydrogen) atoms. The van der Waals surface area contributed by atoms with Crippen LogP contribution in [0.1, 0.15) is 33.6 Å². The molecule has 2 heteroatoms. The normalized spacial score (nSPS) is 30.5. The van der Waals surface area contributed by atoms with Crippen LogP contribution in [-0.4, -0.2) is 10.9 Å². The highest BCUT2D eigenvalue weighted by molar-refractivity contribution is 5.98. The molecule has 0 aliphatic heterocycles. The van der Waals surface area contributed by atoms with Gasteiger partial charge in [0.2, 0.25) is 5.78 Å². The molecule has 0 fully saturated rings. The number of aliphatic hydroxyl groups is 1. The zero-order valence-electron chi connectivity index (χ0n) is 9.08. The quantitative estimate of drug-likeness (QED) is 0.686. The molecule has 1 N–H and O–H groups in total. The van der Waals surface area contributed by atoms with E-state index < -0.39 is 5.41 Å². The van der Waals surface area contributed by atoms with Gasteiger partial charge in [0.05, 0.1) is 0 Å². The number of hydrogen-bond acceptors (Lipinski definition) is 2. The average molecular weight is 194 g/mol. The maximum atomic E-state index is 11.8. The minimum absolute atomic E-state index is 0.0601. The van der Waals surface area contributed by atoms with Crippen molar-refractivity contribution in [2.75, 3.05) is 0 Å². The van der Waals surface area contributed by atoms with Gasteiger partial charge in [-0.05, 0) is 31.8 Å². The summed E-state index contributed by atoms with van der Waals surface area (Å²) < 4.78 is 0. The molecule has 0 unspecified atom stereocenters. The van der Waals surface area contributed by atoms with E-state index in [1.807, 2.05) is 32.9 Å². The maximum absolute atomic E-state index is 11.8. The van der Waals surface area contributed by atoms with Crippen molar-refractivity contribution in [3.63, 3.8) is 0 Å². The summed E-state index contributed by atoms with van der Waals surface area (Å²) in [5.74, 6) is 0.000281. The average Bonchev–Trinajstić information content (AvgIpc) is 2.14. The molecular formula is C12H18O2. The molecule has 0 aromatic heterocycles. The molecule has 2 nitrogen and oxygen atoms in total. The van der Waals surface area contributed by atoms with Gasteiger partial charge in [0.1, 0.15) is 0 Å². The van der Waals surface area contributed by atoms with Gasteiger partial charge >= 0.3 is 0 Å². The molecule has 0 saturated carbocycles. The first-order chi connectivity index (χ1) is 6.52. The van der Waals surface area contributed by atoms with Crippen molar-refractivity contribution >= 4 is 5.78 Å². The number of allylic oxidation sites excluding steroid dienone is 4. The van der Waals surface area contributed by atoms with Gasteiger partial charge in [0, 0.05) is 5.41 Å². The van der Waals surface area contributed by atoms with Crippen molar-refractivity contribution in [1.82, 2.24) is 0 Å². The van der Waals surface area contributed by atoms with Gasteiger partial charge in [-0.2, -0.15) is 0 Å². The van der Waals surface area contributed by atoms with E-state index in [2.05, 4.69) is 0 Å². The standard InChI is InChI=1S/C12H18O2/c1-4-6-9(2)12(3)8-5-7-10(13)11(12)14/h4,6-7,9,13H,5,8H2,1-3H3/b6-4+/t9-,12+/m0/s1. The molecule has 0 radical (unpaired) electrons. The van der Waals surface area contributed by atoms with Crippen molar-refractivity contribution in [2.24, 2.45) is 11.3 Å². The highest BCUT2D eigenvalue weighted by Crippen LogP contribution is 2.39. The van der Waals surface area contributed by atoms with E-state index in [4.69, 9.17) is 0 Å². The number of ketones is 1. The highest BCUT2D eigenvalue weighted by atomic mass is 16.3. The lowest BCUT2D eigenvalue weighted by atomic mass is 9.68. The van der Waals surface area contributed by atoms with Crippen LogP contribution in [0.2, 0.25) is 0 Å². The number of hydrogen-bond donors (Lipinski definition) is 1. The lowest BCUT2D eigenvalue weighted by Gasteiger charge is -2.34. The summed E-state index contributed by atoms with van der Waals surface area (Å²) in [6.45, 7) is 5.91. The third-order valence-corrected chi connectivity index (χ3v) is 3.24.